The fourth-order valence-corrected chi connectivity index (χ4v) is 2.92. The van der Waals surface area contributed by atoms with Crippen molar-refractivity contribution in [1.29, 1.82) is 0 Å². The summed E-state index contributed by atoms with van der Waals surface area (Å²) in [7, 11) is 0. The summed E-state index contributed by atoms with van der Waals surface area (Å²) < 4.78 is 6.16. The van der Waals surface area contributed by atoms with E-state index in [2.05, 4.69) is 36.2 Å². The topological polar surface area (TPSA) is 106 Å². The molecule has 3 heterocycles. The minimum Gasteiger partial charge on any atom is -0.381 e. The van der Waals surface area contributed by atoms with Crippen LogP contribution in [0.1, 0.15) is 18.7 Å². The Bertz CT molecular complexity index is 668. The first-order chi connectivity index (χ1) is 10.6. The summed E-state index contributed by atoms with van der Waals surface area (Å²) >= 11 is 3.36. The second kappa shape index (κ2) is 6.72. The van der Waals surface area contributed by atoms with Gasteiger partial charge in [0.05, 0.1) is 18.1 Å². The number of rotatable bonds is 4. The van der Waals surface area contributed by atoms with E-state index in [4.69, 9.17) is 10.5 Å². The zero-order valence-electron chi connectivity index (χ0n) is 12.0. The Balaban J connectivity index is 1.59. The van der Waals surface area contributed by atoms with Gasteiger partial charge in [-0.2, -0.15) is 0 Å². The molecule has 3 rings (SSSR count). The summed E-state index contributed by atoms with van der Waals surface area (Å²) in [4.78, 5) is 23.8. The maximum absolute atomic E-state index is 12.1. The van der Waals surface area contributed by atoms with Crippen molar-refractivity contribution in [2.45, 2.75) is 25.4 Å². The summed E-state index contributed by atoms with van der Waals surface area (Å²) in [5.74, 6) is 0.691. The molecule has 0 spiro atoms. The second-order valence-corrected chi connectivity index (χ2v) is 6.32. The molecule has 118 valence electrons. The average molecular weight is 368 g/mol. The summed E-state index contributed by atoms with van der Waals surface area (Å²) in [6.07, 6.45) is 3.35. The third-order valence-electron chi connectivity index (χ3n) is 3.86. The van der Waals surface area contributed by atoms with Gasteiger partial charge in [0.2, 0.25) is 5.91 Å². The van der Waals surface area contributed by atoms with Crippen molar-refractivity contribution in [2.75, 3.05) is 13.2 Å². The quantitative estimate of drug-likeness (QED) is 0.749. The monoisotopic (exact) mass is 367 g/mol. The predicted octanol–water partition coefficient (Wildman–Crippen LogP) is 1.09. The number of amides is 1. The van der Waals surface area contributed by atoms with Crippen molar-refractivity contribution in [3.05, 3.63) is 22.6 Å². The van der Waals surface area contributed by atoms with Crippen LogP contribution in [-0.4, -0.2) is 40.1 Å². The van der Waals surface area contributed by atoms with E-state index in [1.807, 2.05) is 6.07 Å². The van der Waals surface area contributed by atoms with E-state index < -0.39 is 6.04 Å². The molecule has 1 fully saturated rings. The van der Waals surface area contributed by atoms with Gasteiger partial charge in [0.1, 0.15) is 5.82 Å². The highest BCUT2D eigenvalue weighted by molar-refractivity contribution is 9.10. The van der Waals surface area contributed by atoms with Gasteiger partial charge < -0.3 is 20.8 Å². The molecule has 7 nitrogen and oxygen atoms in total. The largest absolute Gasteiger partial charge is 0.381 e. The predicted molar refractivity (Wildman–Crippen MR) is 85.0 cm³/mol. The summed E-state index contributed by atoms with van der Waals surface area (Å²) in [5.41, 5.74) is 7.49. The van der Waals surface area contributed by atoms with Crippen molar-refractivity contribution >= 4 is 33.0 Å². The first-order valence-corrected chi connectivity index (χ1v) is 8.04. The lowest BCUT2D eigenvalue weighted by molar-refractivity contribution is -0.124. The lowest BCUT2D eigenvalue weighted by Crippen LogP contribution is -2.46. The molecule has 0 saturated carbocycles. The molecule has 0 bridgehead atoms. The third kappa shape index (κ3) is 3.45. The highest BCUT2D eigenvalue weighted by atomic mass is 79.9. The molecule has 2 aromatic rings. The summed E-state index contributed by atoms with van der Waals surface area (Å²) in [6, 6.07) is 1.40. The van der Waals surface area contributed by atoms with E-state index in [0.29, 0.717) is 31.2 Å². The molecule has 0 aliphatic carbocycles. The van der Waals surface area contributed by atoms with Gasteiger partial charge in [-0.1, -0.05) is 0 Å². The maximum atomic E-state index is 12.1. The Morgan fingerprint density at radius 2 is 2.32 bits per heavy atom. The SMILES string of the molecule is NC(C(=O)NCc1nc2ncc(Br)cc2[nH]1)C1CCOCC1. The first-order valence-electron chi connectivity index (χ1n) is 7.24. The van der Waals surface area contributed by atoms with Crippen LogP contribution in [0.5, 0.6) is 0 Å². The number of nitrogens with two attached hydrogens (primary N) is 1. The number of halogens is 1. The number of carbonyl (C=O) groups is 1. The zero-order chi connectivity index (χ0) is 15.5. The van der Waals surface area contributed by atoms with Gasteiger partial charge in [-0.25, -0.2) is 9.97 Å². The molecule has 1 unspecified atom stereocenters. The molecule has 1 saturated heterocycles. The van der Waals surface area contributed by atoms with Crippen molar-refractivity contribution < 1.29 is 9.53 Å². The van der Waals surface area contributed by atoms with E-state index in [1.54, 1.807) is 6.20 Å². The van der Waals surface area contributed by atoms with Crippen molar-refractivity contribution in [3.8, 4) is 0 Å². The molecule has 22 heavy (non-hydrogen) atoms. The molecule has 4 N–H and O–H groups in total. The maximum Gasteiger partial charge on any atom is 0.237 e. The molecule has 2 aromatic heterocycles. The Morgan fingerprint density at radius 1 is 1.55 bits per heavy atom. The van der Waals surface area contributed by atoms with Crippen LogP contribution in [0.3, 0.4) is 0 Å². The van der Waals surface area contributed by atoms with E-state index in [9.17, 15) is 4.79 Å². The lowest BCUT2D eigenvalue weighted by Gasteiger charge is -2.26. The number of nitrogens with zero attached hydrogens (tertiary/aromatic N) is 2. The van der Waals surface area contributed by atoms with Crippen LogP contribution in [0, 0.1) is 5.92 Å². The van der Waals surface area contributed by atoms with E-state index in [0.717, 1.165) is 22.8 Å². The summed E-state index contributed by atoms with van der Waals surface area (Å²) in [6.45, 7) is 1.66. The van der Waals surface area contributed by atoms with Crippen LogP contribution >= 0.6 is 15.9 Å². The number of hydrogen-bond acceptors (Lipinski definition) is 5. The number of imidazole rings is 1. The Labute approximate surface area is 136 Å². The highest BCUT2D eigenvalue weighted by Gasteiger charge is 2.26. The minimum absolute atomic E-state index is 0.151. The number of aromatic amines is 1. The Kier molecular flexibility index (Phi) is 4.70. The normalized spacial score (nSPS) is 17.5. The number of nitrogens with one attached hydrogen (secondary N) is 2. The van der Waals surface area contributed by atoms with E-state index in [1.165, 1.54) is 0 Å². The molecule has 1 aliphatic heterocycles. The van der Waals surface area contributed by atoms with Gasteiger partial charge in [-0.3, -0.25) is 4.79 Å². The second-order valence-electron chi connectivity index (χ2n) is 5.40. The average Bonchev–Trinajstić information content (AvgIpc) is 2.94. The Hall–Kier alpha value is -1.51. The minimum atomic E-state index is -0.499. The smallest absolute Gasteiger partial charge is 0.237 e. The number of ether oxygens (including phenoxy) is 1. The molecular weight excluding hydrogens is 350 g/mol. The lowest BCUT2D eigenvalue weighted by atomic mass is 9.92. The van der Waals surface area contributed by atoms with Crippen LogP contribution in [0.2, 0.25) is 0 Å². The van der Waals surface area contributed by atoms with Gasteiger partial charge in [0, 0.05) is 23.9 Å². The summed E-state index contributed by atoms with van der Waals surface area (Å²) in [5, 5.41) is 2.83. The van der Waals surface area contributed by atoms with Gasteiger partial charge in [-0.15, -0.1) is 0 Å². The first kappa shape index (κ1) is 15.4. The number of carbonyl (C=O) groups excluding carboxylic acids is 1. The van der Waals surface area contributed by atoms with Gasteiger partial charge in [-0.05, 0) is 40.8 Å². The molecule has 1 atom stereocenters. The van der Waals surface area contributed by atoms with Crippen molar-refractivity contribution in [3.63, 3.8) is 0 Å². The number of pyridine rings is 1. The third-order valence-corrected chi connectivity index (χ3v) is 4.29. The van der Waals surface area contributed by atoms with Gasteiger partial charge >= 0.3 is 0 Å². The molecule has 1 amide bonds. The van der Waals surface area contributed by atoms with Gasteiger partial charge in [0.15, 0.2) is 5.65 Å². The fourth-order valence-electron chi connectivity index (χ4n) is 2.59. The van der Waals surface area contributed by atoms with Gasteiger partial charge in [0.25, 0.3) is 0 Å². The number of hydrogen-bond donors (Lipinski definition) is 3. The van der Waals surface area contributed by atoms with Crippen molar-refractivity contribution in [1.82, 2.24) is 20.3 Å². The zero-order valence-corrected chi connectivity index (χ0v) is 13.6. The van der Waals surface area contributed by atoms with E-state index >= 15 is 0 Å². The van der Waals surface area contributed by atoms with Crippen LogP contribution in [0.4, 0.5) is 0 Å². The van der Waals surface area contributed by atoms with Crippen molar-refractivity contribution in [2.24, 2.45) is 11.7 Å². The number of aromatic nitrogens is 3. The van der Waals surface area contributed by atoms with Crippen LogP contribution in [0.15, 0.2) is 16.7 Å². The standard InChI is InChI=1S/C14H18BrN5O2/c15-9-5-10-13(17-6-9)20-11(19-10)7-18-14(21)12(16)8-1-3-22-4-2-8/h5-6,8,12H,1-4,7,16H2,(H,18,21)(H,17,19,20). The van der Waals surface area contributed by atoms with Crippen LogP contribution < -0.4 is 11.1 Å². The number of fused-ring (bicyclic) bond motifs is 1. The highest BCUT2D eigenvalue weighted by Crippen LogP contribution is 2.18. The van der Waals surface area contributed by atoms with Crippen LogP contribution in [0.25, 0.3) is 11.2 Å². The molecule has 0 aromatic carbocycles. The van der Waals surface area contributed by atoms with Crippen LogP contribution in [-0.2, 0) is 16.1 Å². The fraction of sp³-hybridized carbons (Fsp3) is 0.500. The molecular formula is C14H18BrN5O2. The number of H-pyrrole nitrogens is 1. The molecule has 0 radical (unpaired) electrons. The Morgan fingerprint density at radius 3 is 3.09 bits per heavy atom. The molecule has 8 heteroatoms. The van der Waals surface area contributed by atoms with E-state index in [-0.39, 0.29) is 11.8 Å². The molecule has 1 aliphatic rings.